The molecule has 4 rings (SSSR count). The molecule has 1 unspecified atom stereocenters. The fourth-order valence-corrected chi connectivity index (χ4v) is 4.96. The summed E-state index contributed by atoms with van der Waals surface area (Å²) in [5.41, 5.74) is 1.23. The summed E-state index contributed by atoms with van der Waals surface area (Å²) in [5, 5.41) is 3.30. The van der Waals surface area contributed by atoms with Gasteiger partial charge in [-0.15, -0.1) is 0 Å². The Morgan fingerprint density at radius 1 is 1.14 bits per heavy atom. The van der Waals surface area contributed by atoms with E-state index >= 15 is 0 Å². The van der Waals surface area contributed by atoms with Crippen molar-refractivity contribution in [3.63, 3.8) is 0 Å². The molecule has 1 aromatic carbocycles. The van der Waals surface area contributed by atoms with Crippen LogP contribution in [0.25, 0.3) is 22.2 Å². The second-order valence-electron chi connectivity index (χ2n) is 8.20. The van der Waals surface area contributed by atoms with E-state index in [2.05, 4.69) is 20.3 Å². The third-order valence-electron chi connectivity index (χ3n) is 5.76. The predicted octanol–water partition coefficient (Wildman–Crippen LogP) is 3.72. The van der Waals surface area contributed by atoms with E-state index in [0.717, 1.165) is 12.3 Å². The first kappa shape index (κ1) is 25.1. The van der Waals surface area contributed by atoms with Gasteiger partial charge in [-0.1, -0.05) is 0 Å². The van der Waals surface area contributed by atoms with Gasteiger partial charge in [0.05, 0.1) is 6.20 Å². The second kappa shape index (κ2) is 9.24. The Hall–Kier alpha value is -2.97. The topological polar surface area (TPSA) is 114 Å². The third-order valence-corrected chi connectivity index (χ3v) is 7.39. The van der Waals surface area contributed by atoms with Crippen molar-refractivity contribution in [2.75, 3.05) is 18.4 Å². The highest BCUT2D eigenvalue weighted by Gasteiger charge is 2.50. The number of nitrogens with two attached hydrogens (primary N) is 1. The predicted molar refractivity (Wildman–Crippen MR) is 118 cm³/mol. The molecule has 1 aliphatic heterocycles. The molecular formula is C21H21F5N6O2S. The summed E-state index contributed by atoms with van der Waals surface area (Å²) in [4.78, 5) is 12.0. The Kier molecular flexibility index (Phi) is 6.64. The molecule has 2 aromatic heterocycles. The smallest absolute Gasteiger partial charge is 0.351 e. The summed E-state index contributed by atoms with van der Waals surface area (Å²) < 4.78 is 91.2. The molecule has 0 saturated carbocycles. The minimum Gasteiger partial charge on any atom is -0.351 e. The molecule has 14 heteroatoms. The van der Waals surface area contributed by atoms with Gasteiger partial charge in [0.1, 0.15) is 17.0 Å². The first-order valence-corrected chi connectivity index (χ1v) is 12.0. The van der Waals surface area contributed by atoms with E-state index in [9.17, 15) is 30.4 Å². The highest BCUT2D eigenvalue weighted by atomic mass is 32.2. The summed E-state index contributed by atoms with van der Waals surface area (Å²) in [6, 6.07) is 3.38. The maximum Gasteiger partial charge on any atom is 0.511 e. The van der Waals surface area contributed by atoms with Crippen LogP contribution in [0.5, 0.6) is 0 Å². The van der Waals surface area contributed by atoms with Crippen LogP contribution >= 0.6 is 0 Å². The highest BCUT2D eigenvalue weighted by Crippen LogP contribution is 2.32. The van der Waals surface area contributed by atoms with Crippen molar-refractivity contribution in [2.45, 2.75) is 37.4 Å². The SMILES string of the molecule is CC(N)c1ccnc2c(F)cc(-c3nc(NC4CCN(S(=O)(=O)C(F)(F)F)CC4)ncc3F)cc12. The van der Waals surface area contributed by atoms with E-state index in [1.807, 2.05) is 0 Å². The molecule has 0 amide bonds. The quantitative estimate of drug-likeness (QED) is 0.497. The lowest BCUT2D eigenvalue weighted by atomic mass is 10.00. The number of fused-ring (bicyclic) bond motifs is 1. The Balaban J connectivity index is 1.58. The van der Waals surface area contributed by atoms with E-state index in [4.69, 9.17) is 5.73 Å². The van der Waals surface area contributed by atoms with Gasteiger partial charge in [0, 0.05) is 42.3 Å². The first-order chi connectivity index (χ1) is 16.4. The lowest BCUT2D eigenvalue weighted by Gasteiger charge is -2.31. The van der Waals surface area contributed by atoms with E-state index in [1.54, 1.807) is 13.0 Å². The molecule has 3 aromatic rings. The average Bonchev–Trinajstić information content (AvgIpc) is 2.79. The van der Waals surface area contributed by atoms with Crippen LogP contribution < -0.4 is 11.1 Å². The van der Waals surface area contributed by atoms with Crippen LogP contribution in [-0.4, -0.2) is 52.3 Å². The molecule has 0 bridgehead atoms. The van der Waals surface area contributed by atoms with Crippen LogP contribution in [0.15, 0.2) is 30.6 Å². The summed E-state index contributed by atoms with van der Waals surface area (Å²) in [6.07, 6.45) is 2.44. The summed E-state index contributed by atoms with van der Waals surface area (Å²) in [5.74, 6) is -1.53. The molecular weight excluding hydrogens is 495 g/mol. The molecule has 8 nitrogen and oxygen atoms in total. The zero-order valence-corrected chi connectivity index (χ0v) is 19.2. The molecule has 1 aliphatic rings. The van der Waals surface area contributed by atoms with Gasteiger partial charge in [-0.3, -0.25) is 4.98 Å². The maximum atomic E-state index is 14.8. The van der Waals surface area contributed by atoms with Gasteiger partial charge in [-0.05, 0) is 43.5 Å². The van der Waals surface area contributed by atoms with Crippen molar-refractivity contribution in [2.24, 2.45) is 5.73 Å². The number of pyridine rings is 1. The van der Waals surface area contributed by atoms with E-state index in [0.29, 0.717) is 15.3 Å². The molecule has 188 valence electrons. The van der Waals surface area contributed by atoms with Crippen molar-refractivity contribution in [1.29, 1.82) is 0 Å². The van der Waals surface area contributed by atoms with Gasteiger partial charge in [0.25, 0.3) is 0 Å². The zero-order valence-electron chi connectivity index (χ0n) is 18.4. The molecule has 3 heterocycles. The van der Waals surface area contributed by atoms with Crippen LogP contribution in [0.3, 0.4) is 0 Å². The number of nitrogens with zero attached hydrogens (tertiary/aromatic N) is 4. The Bertz CT molecular complexity index is 1360. The molecule has 1 fully saturated rings. The molecule has 0 radical (unpaired) electrons. The van der Waals surface area contributed by atoms with E-state index in [1.165, 1.54) is 12.3 Å². The van der Waals surface area contributed by atoms with Crippen molar-refractivity contribution in [3.05, 3.63) is 47.8 Å². The molecule has 3 N–H and O–H groups in total. The maximum absolute atomic E-state index is 14.8. The minimum atomic E-state index is -5.40. The number of benzene rings is 1. The number of aromatic nitrogens is 3. The number of alkyl halides is 3. The van der Waals surface area contributed by atoms with Crippen molar-refractivity contribution < 1.29 is 30.4 Å². The Morgan fingerprint density at radius 3 is 2.46 bits per heavy atom. The Morgan fingerprint density at radius 2 is 1.83 bits per heavy atom. The normalized spacial score (nSPS) is 17.0. The van der Waals surface area contributed by atoms with Crippen molar-refractivity contribution in [1.82, 2.24) is 19.3 Å². The lowest BCUT2D eigenvalue weighted by molar-refractivity contribution is -0.0494. The average molecular weight is 516 g/mol. The second-order valence-corrected chi connectivity index (χ2v) is 10.1. The van der Waals surface area contributed by atoms with Crippen LogP contribution in [0.4, 0.5) is 27.9 Å². The number of nitrogens with one attached hydrogen (secondary N) is 1. The molecule has 0 aliphatic carbocycles. The van der Waals surface area contributed by atoms with Gasteiger partial charge in [-0.25, -0.2) is 27.2 Å². The Labute approximate surface area is 197 Å². The monoisotopic (exact) mass is 516 g/mol. The molecule has 1 atom stereocenters. The summed E-state index contributed by atoms with van der Waals surface area (Å²) in [6.45, 7) is 1.02. The van der Waals surface area contributed by atoms with E-state index in [-0.39, 0.29) is 48.7 Å². The number of hydrogen-bond acceptors (Lipinski definition) is 7. The molecule has 0 spiro atoms. The number of hydrogen-bond donors (Lipinski definition) is 2. The van der Waals surface area contributed by atoms with Gasteiger partial charge in [0.2, 0.25) is 5.95 Å². The zero-order chi connectivity index (χ0) is 25.5. The van der Waals surface area contributed by atoms with E-state index < -0.39 is 39.2 Å². The highest BCUT2D eigenvalue weighted by molar-refractivity contribution is 7.90. The lowest BCUT2D eigenvalue weighted by Crippen LogP contribution is -2.47. The number of halogens is 5. The van der Waals surface area contributed by atoms with Crippen molar-refractivity contribution >= 4 is 26.9 Å². The van der Waals surface area contributed by atoms with Crippen LogP contribution in [-0.2, 0) is 10.0 Å². The van der Waals surface area contributed by atoms with Crippen LogP contribution in [0.2, 0.25) is 0 Å². The number of sulfonamides is 1. The first-order valence-electron chi connectivity index (χ1n) is 10.6. The van der Waals surface area contributed by atoms with Gasteiger partial charge in [-0.2, -0.15) is 17.5 Å². The van der Waals surface area contributed by atoms with Crippen LogP contribution in [0.1, 0.15) is 31.4 Å². The number of anilines is 1. The van der Waals surface area contributed by atoms with Gasteiger partial charge >= 0.3 is 15.5 Å². The number of rotatable bonds is 5. The summed E-state index contributed by atoms with van der Waals surface area (Å²) >= 11 is 0. The van der Waals surface area contributed by atoms with Crippen molar-refractivity contribution in [3.8, 4) is 11.3 Å². The fourth-order valence-electron chi connectivity index (χ4n) is 3.97. The third kappa shape index (κ3) is 4.90. The van der Waals surface area contributed by atoms with Crippen LogP contribution in [0, 0.1) is 11.6 Å². The molecule has 1 saturated heterocycles. The largest absolute Gasteiger partial charge is 0.511 e. The molecule has 35 heavy (non-hydrogen) atoms. The van der Waals surface area contributed by atoms with Gasteiger partial charge < -0.3 is 11.1 Å². The van der Waals surface area contributed by atoms with Gasteiger partial charge in [0.15, 0.2) is 5.82 Å². The standard InChI is InChI=1S/C21H21F5N6O2S/c1-11(27)14-2-5-28-19-15(14)8-12(9-16(19)22)18-17(23)10-29-20(31-18)30-13-3-6-32(7-4-13)35(33,34)21(24,25)26/h2,5,8-11,13H,3-4,6-7,27H2,1H3,(H,29,30,31). The number of piperidine rings is 1. The fraction of sp³-hybridized carbons (Fsp3) is 0.381. The minimum absolute atomic E-state index is 0.0300. The summed E-state index contributed by atoms with van der Waals surface area (Å²) in [7, 11) is -5.40.